The van der Waals surface area contributed by atoms with Crippen LogP contribution in [0.25, 0.3) is 0 Å². The molecule has 0 saturated carbocycles. The fourth-order valence-electron chi connectivity index (χ4n) is 2.27. The lowest BCUT2D eigenvalue weighted by molar-refractivity contribution is -0.119. The second-order valence-corrected chi connectivity index (χ2v) is 4.74. The summed E-state index contributed by atoms with van der Waals surface area (Å²) in [6.45, 7) is 2.43. The average Bonchev–Trinajstić information content (AvgIpc) is 2.63. The van der Waals surface area contributed by atoms with E-state index in [0.29, 0.717) is 26.2 Å². The number of halogens is 1. The maximum absolute atomic E-state index is 13.6. The van der Waals surface area contributed by atoms with Crippen LogP contribution in [0.3, 0.4) is 0 Å². The Bertz CT molecular complexity index is 509. The Morgan fingerprint density at radius 3 is 2.80 bits per heavy atom. The van der Waals surface area contributed by atoms with Crippen molar-refractivity contribution < 1.29 is 14.0 Å². The van der Waals surface area contributed by atoms with Gasteiger partial charge in [-0.3, -0.25) is 19.5 Å². The lowest BCUT2D eigenvalue weighted by Crippen LogP contribution is -2.38. The largest absolute Gasteiger partial charge is 0.369 e. The van der Waals surface area contributed by atoms with E-state index in [4.69, 9.17) is 5.73 Å². The molecule has 2 rings (SSSR count). The molecule has 0 bridgehead atoms. The van der Waals surface area contributed by atoms with Crippen molar-refractivity contribution in [2.75, 3.05) is 32.7 Å². The van der Waals surface area contributed by atoms with Crippen LogP contribution in [0.15, 0.2) is 18.5 Å². The molecule has 1 aromatic heterocycles. The van der Waals surface area contributed by atoms with Gasteiger partial charge in [0.15, 0.2) is 5.82 Å². The fourth-order valence-corrected chi connectivity index (χ4v) is 2.27. The van der Waals surface area contributed by atoms with E-state index in [1.54, 1.807) is 4.90 Å². The Hall–Kier alpha value is -2.02. The highest BCUT2D eigenvalue weighted by Crippen LogP contribution is 2.11. The number of aromatic nitrogens is 1. The highest BCUT2D eigenvalue weighted by molar-refractivity contribution is 5.94. The van der Waals surface area contributed by atoms with Crippen LogP contribution in [0.2, 0.25) is 0 Å². The number of primary amides is 1. The van der Waals surface area contributed by atoms with Crippen molar-refractivity contribution in [3.63, 3.8) is 0 Å². The molecule has 108 valence electrons. The molecule has 20 heavy (non-hydrogen) atoms. The summed E-state index contributed by atoms with van der Waals surface area (Å²) in [6.07, 6.45) is 3.16. The van der Waals surface area contributed by atoms with Gasteiger partial charge in [0.05, 0.1) is 18.3 Å². The van der Waals surface area contributed by atoms with Crippen molar-refractivity contribution in [1.82, 2.24) is 14.8 Å². The predicted molar refractivity (Wildman–Crippen MR) is 70.3 cm³/mol. The summed E-state index contributed by atoms with van der Waals surface area (Å²) in [5, 5.41) is 0. The first-order valence-corrected chi connectivity index (χ1v) is 6.47. The monoisotopic (exact) mass is 280 g/mol. The quantitative estimate of drug-likeness (QED) is 0.835. The molecule has 0 atom stereocenters. The third kappa shape index (κ3) is 3.51. The summed E-state index contributed by atoms with van der Waals surface area (Å²) in [4.78, 5) is 30.3. The Labute approximate surface area is 116 Å². The Morgan fingerprint density at radius 1 is 1.30 bits per heavy atom. The standard InChI is InChI=1S/C13H17FN4O2/c14-11-8-16-3-2-10(11)13(20)18-5-1-4-17(6-7-18)9-12(15)19/h2-3,8H,1,4-7,9H2,(H2,15,19). The van der Waals surface area contributed by atoms with Crippen LogP contribution in [0.1, 0.15) is 16.8 Å². The van der Waals surface area contributed by atoms with Gasteiger partial charge >= 0.3 is 0 Å². The van der Waals surface area contributed by atoms with Gasteiger partial charge in [-0.1, -0.05) is 0 Å². The molecule has 0 spiro atoms. The second kappa shape index (κ2) is 6.42. The second-order valence-electron chi connectivity index (χ2n) is 4.74. The number of hydrogen-bond donors (Lipinski definition) is 1. The van der Waals surface area contributed by atoms with Gasteiger partial charge in [-0.15, -0.1) is 0 Å². The van der Waals surface area contributed by atoms with Crippen molar-refractivity contribution in [2.45, 2.75) is 6.42 Å². The number of amides is 2. The number of nitrogens with zero attached hydrogens (tertiary/aromatic N) is 3. The van der Waals surface area contributed by atoms with Gasteiger partial charge in [0.2, 0.25) is 5.91 Å². The number of hydrogen-bond acceptors (Lipinski definition) is 4. The SMILES string of the molecule is NC(=O)CN1CCCN(C(=O)c2ccncc2F)CC1. The molecular formula is C13H17FN4O2. The smallest absolute Gasteiger partial charge is 0.256 e. The normalized spacial score (nSPS) is 16.8. The number of carbonyl (C=O) groups is 2. The topological polar surface area (TPSA) is 79.5 Å². The maximum atomic E-state index is 13.6. The van der Waals surface area contributed by atoms with Crippen LogP contribution in [-0.2, 0) is 4.79 Å². The predicted octanol–water partition coefficient (Wildman–Crippen LogP) is -0.146. The third-order valence-electron chi connectivity index (χ3n) is 3.26. The zero-order valence-electron chi connectivity index (χ0n) is 11.1. The summed E-state index contributed by atoms with van der Waals surface area (Å²) in [6, 6.07) is 1.38. The molecule has 6 nitrogen and oxygen atoms in total. The summed E-state index contributed by atoms with van der Waals surface area (Å²) in [5.74, 6) is -1.34. The fraction of sp³-hybridized carbons (Fsp3) is 0.462. The van der Waals surface area contributed by atoms with Gasteiger partial charge in [0.25, 0.3) is 5.91 Å². The van der Waals surface area contributed by atoms with Crippen LogP contribution in [0.5, 0.6) is 0 Å². The Morgan fingerprint density at radius 2 is 2.10 bits per heavy atom. The Kier molecular flexibility index (Phi) is 4.62. The van der Waals surface area contributed by atoms with E-state index in [-0.39, 0.29) is 23.9 Å². The highest BCUT2D eigenvalue weighted by atomic mass is 19.1. The first kappa shape index (κ1) is 14.4. The van der Waals surface area contributed by atoms with E-state index in [1.165, 1.54) is 12.3 Å². The lowest BCUT2D eigenvalue weighted by Gasteiger charge is -2.21. The maximum Gasteiger partial charge on any atom is 0.256 e. The molecule has 0 aliphatic carbocycles. The minimum absolute atomic E-state index is 0.0309. The average molecular weight is 280 g/mol. The molecular weight excluding hydrogens is 263 g/mol. The number of pyridine rings is 1. The molecule has 1 saturated heterocycles. The minimum atomic E-state index is -0.615. The van der Waals surface area contributed by atoms with Gasteiger partial charge in [-0.2, -0.15) is 0 Å². The minimum Gasteiger partial charge on any atom is -0.369 e. The summed E-state index contributed by atoms with van der Waals surface area (Å²) >= 11 is 0. The van der Waals surface area contributed by atoms with Crippen molar-refractivity contribution in [1.29, 1.82) is 0 Å². The first-order chi connectivity index (χ1) is 9.58. The summed E-state index contributed by atoms with van der Waals surface area (Å²) < 4.78 is 13.6. The molecule has 1 aliphatic rings. The molecule has 1 aliphatic heterocycles. The molecule has 0 unspecified atom stereocenters. The van der Waals surface area contributed by atoms with Gasteiger partial charge in [-0.25, -0.2) is 4.39 Å². The molecule has 0 aromatic carbocycles. The van der Waals surface area contributed by atoms with Crippen molar-refractivity contribution >= 4 is 11.8 Å². The lowest BCUT2D eigenvalue weighted by atomic mass is 10.2. The van der Waals surface area contributed by atoms with Crippen molar-refractivity contribution in [3.8, 4) is 0 Å². The van der Waals surface area contributed by atoms with E-state index >= 15 is 0 Å². The number of nitrogens with two attached hydrogens (primary N) is 1. The van der Waals surface area contributed by atoms with Gasteiger partial charge in [-0.05, 0) is 12.5 Å². The highest BCUT2D eigenvalue weighted by Gasteiger charge is 2.22. The van der Waals surface area contributed by atoms with Crippen molar-refractivity contribution in [3.05, 3.63) is 29.8 Å². The Balaban J connectivity index is 2.02. The van der Waals surface area contributed by atoms with E-state index in [2.05, 4.69) is 4.98 Å². The molecule has 2 amide bonds. The number of rotatable bonds is 3. The molecule has 1 fully saturated rings. The zero-order chi connectivity index (χ0) is 14.5. The molecule has 2 N–H and O–H groups in total. The van der Waals surface area contributed by atoms with E-state index in [0.717, 1.165) is 12.6 Å². The first-order valence-electron chi connectivity index (χ1n) is 6.47. The van der Waals surface area contributed by atoms with Crippen LogP contribution in [-0.4, -0.2) is 59.3 Å². The van der Waals surface area contributed by atoms with Gasteiger partial charge < -0.3 is 10.6 Å². The summed E-state index contributed by atoms with van der Waals surface area (Å²) in [7, 11) is 0. The summed E-state index contributed by atoms with van der Waals surface area (Å²) in [5.41, 5.74) is 5.19. The van der Waals surface area contributed by atoms with Crippen LogP contribution in [0, 0.1) is 5.82 Å². The zero-order valence-corrected chi connectivity index (χ0v) is 11.1. The van der Waals surface area contributed by atoms with Crippen molar-refractivity contribution in [2.24, 2.45) is 5.73 Å². The van der Waals surface area contributed by atoms with Crippen LogP contribution in [0.4, 0.5) is 4.39 Å². The van der Waals surface area contributed by atoms with Gasteiger partial charge in [0, 0.05) is 32.4 Å². The molecule has 1 aromatic rings. The van der Waals surface area contributed by atoms with Gasteiger partial charge in [0.1, 0.15) is 0 Å². The number of carbonyl (C=O) groups excluding carboxylic acids is 2. The molecule has 2 heterocycles. The van der Waals surface area contributed by atoms with Crippen LogP contribution < -0.4 is 5.73 Å². The third-order valence-corrected chi connectivity index (χ3v) is 3.26. The molecule has 7 heteroatoms. The van der Waals surface area contributed by atoms with E-state index in [1.807, 2.05) is 4.90 Å². The van der Waals surface area contributed by atoms with E-state index in [9.17, 15) is 14.0 Å². The molecule has 0 radical (unpaired) electrons. The van der Waals surface area contributed by atoms with Crippen LogP contribution >= 0.6 is 0 Å². The van der Waals surface area contributed by atoms with E-state index < -0.39 is 5.82 Å².